The van der Waals surface area contributed by atoms with Crippen LogP contribution in [0.5, 0.6) is 5.75 Å². The number of hydrogen-bond acceptors (Lipinski definition) is 3. The van der Waals surface area contributed by atoms with Gasteiger partial charge in [-0.05, 0) is 31.2 Å². The third-order valence-corrected chi connectivity index (χ3v) is 3.45. The van der Waals surface area contributed by atoms with Crippen LogP contribution in [-0.4, -0.2) is 24.5 Å². The summed E-state index contributed by atoms with van der Waals surface area (Å²) in [4.78, 5) is 24.5. The van der Waals surface area contributed by atoms with Crippen molar-refractivity contribution in [2.24, 2.45) is 0 Å². The number of nitrogens with one attached hydrogen (secondary N) is 2. The predicted octanol–water partition coefficient (Wildman–Crippen LogP) is 2.12. The molecule has 2 N–H and O–H groups in total. The molecule has 0 fully saturated rings. The number of carbonyl (C=O) groups excluding carboxylic acids is 2. The van der Waals surface area contributed by atoms with Gasteiger partial charge in [0.2, 0.25) is 0 Å². The maximum Gasteiger partial charge on any atom is 0.252 e. The zero-order chi connectivity index (χ0) is 15.5. The number of benzene rings is 2. The van der Waals surface area contributed by atoms with Gasteiger partial charge in [0.05, 0.1) is 5.69 Å². The van der Waals surface area contributed by atoms with Crippen molar-refractivity contribution in [1.82, 2.24) is 5.32 Å². The Balaban J connectivity index is 1.74. The number of anilines is 1. The molecule has 0 bridgehead atoms. The standard InChI is InChI=1S/C17H16N2O3/c1-11-5-4-6-12(9-11)16(20)19-14-10-22-15-8-3-2-7-13(15)18-17(14)21/h2-9,14H,10H2,1H3,(H,18,21)(H,19,20)/t14-/m0/s1. The summed E-state index contributed by atoms with van der Waals surface area (Å²) in [5.74, 6) is 0.0208. The molecule has 0 radical (unpaired) electrons. The summed E-state index contributed by atoms with van der Waals surface area (Å²) in [6, 6.07) is 13.7. The molecule has 5 heteroatoms. The van der Waals surface area contributed by atoms with Gasteiger partial charge >= 0.3 is 0 Å². The first-order chi connectivity index (χ1) is 10.6. The molecular weight excluding hydrogens is 280 g/mol. The van der Waals surface area contributed by atoms with Gasteiger partial charge < -0.3 is 15.4 Å². The Labute approximate surface area is 128 Å². The Morgan fingerprint density at radius 3 is 2.86 bits per heavy atom. The van der Waals surface area contributed by atoms with Crippen LogP contribution in [0.25, 0.3) is 0 Å². The summed E-state index contributed by atoms with van der Waals surface area (Å²) in [5, 5.41) is 5.47. The molecule has 0 saturated carbocycles. The predicted molar refractivity (Wildman–Crippen MR) is 83.0 cm³/mol. The number of para-hydroxylation sites is 2. The number of ether oxygens (including phenoxy) is 1. The van der Waals surface area contributed by atoms with Gasteiger partial charge in [-0.2, -0.15) is 0 Å². The number of carbonyl (C=O) groups is 2. The van der Waals surface area contributed by atoms with Gasteiger partial charge in [0.1, 0.15) is 18.4 Å². The van der Waals surface area contributed by atoms with Gasteiger partial charge in [-0.3, -0.25) is 9.59 Å². The average Bonchev–Trinajstić information content (AvgIpc) is 2.67. The lowest BCUT2D eigenvalue weighted by molar-refractivity contribution is -0.118. The summed E-state index contributed by atoms with van der Waals surface area (Å²) < 4.78 is 5.59. The van der Waals surface area contributed by atoms with E-state index in [-0.39, 0.29) is 18.4 Å². The monoisotopic (exact) mass is 296 g/mol. The van der Waals surface area contributed by atoms with E-state index >= 15 is 0 Å². The largest absolute Gasteiger partial charge is 0.489 e. The molecule has 0 spiro atoms. The van der Waals surface area contributed by atoms with Gasteiger partial charge in [-0.25, -0.2) is 0 Å². The van der Waals surface area contributed by atoms with Crippen LogP contribution in [0.1, 0.15) is 15.9 Å². The zero-order valence-corrected chi connectivity index (χ0v) is 12.1. The number of hydrogen-bond donors (Lipinski definition) is 2. The Hall–Kier alpha value is -2.82. The lowest BCUT2D eigenvalue weighted by atomic mass is 10.1. The van der Waals surface area contributed by atoms with Crippen molar-refractivity contribution in [3.8, 4) is 5.75 Å². The second-order valence-corrected chi connectivity index (χ2v) is 5.19. The van der Waals surface area contributed by atoms with Crippen LogP contribution >= 0.6 is 0 Å². The summed E-state index contributed by atoms with van der Waals surface area (Å²) in [7, 11) is 0. The molecule has 1 atom stereocenters. The van der Waals surface area contributed by atoms with Crippen molar-refractivity contribution >= 4 is 17.5 Å². The molecule has 1 aliphatic heterocycles. The smallest absolute Gasteiger partial charge is 0.252 e. The lowest BCUT2D eigenvalue weighted by Gasteiger charge is -2.15. The maximum absolute atomic E-state index is 12.2. The van der Waals surface area contributed by atoms with Crippen LogP contribution in [0.15, 0.2) is 48.5 Å². The van der Waals surface area contributed by atoms with E-state index in [0.717, 1.165) is 5.56 Å². The molecular formula is C17H16N2O3. The SMILES string of the molecule is Cc1cccc(C(=O)N[C@H]2COc3ccccc3NC2=O)c1. The van der Waals surface area contributed by atoms with Crippen molar-refractivity contribution in [2.45, 2.75) is 13.0 Å². The normalized spacial score (nSPS) is 16.8. The minimum Gasteiger partial charge on any atom is -0.489 e. The van der Waals surface area contributed by atoms with Gasteiger partial charge in [-0.1, -0.05) is 29.8 Å². The van der Waals surface area contributed by atoms with Gasteiger partial charge in [0.25, 0.3) is 11.8 Å². The van der Waals surface area contributed by atoms with Crippen molar-refractivity contribution in [3.63, 3.8) is 0 Å². The van der Waals surface area contributed by atoms with E-state index < -0.39 is 6.04 Å². The summed E-state index contributed by atoms with van der Waals surface area (Å²) >= 11 is 0. The van der Waals surface area contributed by atoms with Crippen LogP contribution in [0.3, 0.4) is 0 Å². The fourth-order valence-corrected chi connectivity index (χ4v) is 2.30. The van der Waals surface area contributed by atoms with Crippen LogP contribution < -0.4 is 15.4 Å². The van der Waals surface area contributed by atoms with Gasteiger partial charge in [0.15, 0.2) is 0 Å². The highest BCUT2D eigenvalue weighted by Crippen LogP contribution is 2.26. The number of fused-ring (bicyclic) bond motifs is 1. The van der Waals surface area contributed by atoms with E-state index in [9.17, 15) is 9.59 Å². The van der Waals surface area contributed by atoms with Crippen molar-refractivity contribution < 1.29 is 14.3 Å². The van der Waals surface area contributed by atoms with E-state index in [1.54, 1.807) is 24.3 Å². The zero-order valence-electron chi connectivity index (χ0n) is 12.1. The van der Waals surface area contributed by atoms with E-state index in [4.69, 9.17) is 4.74 Å². The molecule has 0 aliphatic carbocycles. The lowest BCUT2D eigenvalue weighted by Crippen LogP contribution is -2.46. The Bertz CT molecular complexity index is 727. The number of rotatable bonds is 2. The topological polar surface area (TPSA) is 67.4 Å². The Kier molecular flexibility index (Phi) is 3.78. The number of amides is 2. The Morgan fingerprint density at radius 1 is 1.23 bits per heavy atom. The molecule has 1 heterocycles. The summed E-state index contributed by atoms with van der Waals surface area (Å²) in [5.41, 5.74) is 2.12. The molecule has 2 aromatic rings. The second-order valence-electron chi connectivity index (χ2n) is 5.19. The molecule has 2 amide bonds. The highest BCUT2D eigenvalue weighted by atomic mass is 16.5. The van der Waals surface area contributed by atoms with Gasteiger partial charge in [-0.15, -0.1) is 0 Å². The third-order valence-electron chi connectivity index (χ3n) is 3.45. The van der Waals surface area contributed by atoms with Crippen LogP contribution in [0.2, 0.25) is 0 Å². The molecule has 1 aliphatic rings. The fourth-order valence-electron chi connectivity index (χ4n) is 2.30. The quantitative estimate of drug-likeness (QED) is 0.892. The van der Waals surface area contributed by atoms with Crippen LogP contribution in [0, 0.1) is 6.92 Å². The molecule has 0 unspecified atom stereocenters. The molecule has 0 saturated heterocycles. The van der Waals surface area contributed by atoms with Crippen LogP contribution in [-0.2, 0) is 4.79 Å². The van der Waals surface area contributed by atoms with Crippen molar-refractivity contribution in [1.29, 1.82) is 0 Å². The number of aryl methyl sites for hydroxylation is 1. The highest BCUT2D eigenvalue weighted by molar-refractivity contribution is 6.02. The minimum absolute atomic E-state index is 0.0976. The minimum atomic E-state index is -0.736. The Morgan fingerprint density at radius 2 is 2.05 bits per heavy atom. The summed E-state index contributed by atoms with van der Waals surface area (Å²) in [6.07, 6.45) is 0. The maximum atomic E-state index is 12.2. The van der Waals surface area contributed by atoms with Crippen molar-refractivity contribution in [3.05, 3.63) is 59.7 Å². The molecule has 3 rings (SSSR count). The summed E-state index contributed by atoms with van der Waals surface area (Å²) in [6.45, 7) is 2.01. The highest BCUT2D eigenvalue weighted by Gasteiger charge is 2.26. The average molecular weight is 296 g/mol. The fraction of sp³-hybridized carbons (Fsp3) is 0.176. The van der Waals surface area contributed by atoms with E-state index in [0.29, 0.717) is 17.0 Å². The van der Waals surface area contributed by atoms with Crippen LogP contribution in [0.4, 0.5) is 5.69 Å². The molecule has 2 aromatic carbocycles. The second kappa shape index (κ2) is 5.89. The molecule has 22 heavy (non-hydrogen) atoms. The third kappa shape index (κ3) is 2.93. The van der Waals surface area contributed by atoms with Gasteiger partial charge in [0, 0.05) is 5.56 Å². The first-order valence-electron chi connectivity index (χ1n) is 7.04. The first kappa shape index (κ1) is 14.1. The molecule has 112 valence electrons. The van der Waals surface area contributed by atoms with Crippen molar-refractivity contribution in [2.75, 3.05) is 11.9 Å². The first-order valence-corrected chi connectivity index (χ1v) is 7.04. The van der Waals surface area contributed by atoms with E-state index in [1.165, 1.54) is 0 Å². The van der Waals surface area contributed by atoms with E-state index in [2.05, 4.69) is 10.6 Å². The molecule has 0 aromatic heterocycles. The molecule has 5 nitrogen and oxygen atoms in total. The van der Waals surface area contributed by atoms with E-state index in [1.807, 2.05) is 31.2 Å².